The molecular weight excluding hydrogens is 158 g/mol. The molecule has 0 spiro atoms. The molecule has 0 bridgehead atoms. The van der Waals surface area contributed by atoms with Crippen molar-refractivity contribution in [1.29, 1.82) is 5.26 Å². The average molecular weight is 169 g/mol. The molecule has 1 aromatic carbocycles. The van der Waals surface area contributed by atoms with Crippen LogP contribution in [0.2, 0.25) is 0 Å². The van der Waals surface area contributed by atoms with E-state index in [0.717, 1.165) is 24.8 Å². The first-order valence-electron chi connectivity index (χ1n) is 4.55. The summed E-state index contributed by atoms with van der Waals surface area (Å²) in [6, 6.07) is 12.6. The third-order valence-corrected chi connectivity index (χ3v) is 2.50. The smallest absolute Gasteiger partial charge is 0.0946 e. The minimum atomic E-state index is 0.962. The van der Waals surface area contributed by atoms with Gasteiger partial charge < -0.3 is 0 Å². The van der Waals surface area contributed by atoms with Gasteiger partial charge in [0.05, 0.1) is 6.07 Å². The van der Waals surface area contributed by atoms with Crippen LogP contribution in [0.25, 0.3) is 0 Å². The average Bonchev–Trinajstić information content (AvgIpc) is 2.15. The normalized spacial score (nSPS) is 15.0. The van der Waals surface area contributed by atoms with Crippen LogP contribution >= 0.6 is 0 Å². The highest BCUT2D eigenvalue weighted by Gasteiger charge is 2.16. The van der Waals surface area contributed by atoms with Crippen LogP contribution in [0, 0.1) is 11.3 Å². The van der Waals surface area contributed by atoms with E-state index in [1.54, 1.807) is 0 Å². The van der Waals surface area contributed by atoms with Gasteiger partial charge in [0.2, 0.25) is 0 Å². The zero-order valence-corrected chi connectivity index (χ0v) is 7.46. The highest BCUT2D eigenvalue weighted by atomic mass is 14.3. The molecule has 0 atom stereocenters. The van der Waals surface area contributed by atoms with Crippen molar-refractivity contribution in [3.8, 4) is 6.07 Å². The minimum Gasteiger partial charge on any atom is -0.193 e. The van der Waals surface area contributed by atoms with E-state index in [4.69, 9.17) is 5.26 Å². The molecule has 0 fully saturated rings. The second-order valence-corrected chi connectivity index (χ2v) is 3.36. The zero-order valence-electron chi connectivity index (χ0n) is 7.46. The fourth-order valence-electron chi connectivity index (χ4n) is 1.60. The summed E-state index contributed by atoms with van der Waals surface area (Å²) in [5, 5.41) is 8.73. The SMILES string of the molecule is N#CC1=C(Cc2ccccc2)CC1. The Hall–Kier alpha value is -1.55. The van der Waals surface area contributed by atoms with Crippen LogP contribution in [-0.2, 0) is 6.42 Å². The molecule has 64 valence electrons. The van der Waals surface area contributed by atoms with E-state index in [1.807, 2.05) is 18.2 Å². The number of hydrogen-bond acceptors (Lipinski definition) is 1. The Morgan fingerprint density at radius 1 is 1.15 bits per heavy atom. The van der Waals surface area contributed by atoms with Crippen LogP contribution in [0.3, 0.4) is 0 Å². The lowest BCUT2D eigenvalue weighted by molar-refractivity contribution is 0.792. The molecule has 0 amide bonds. The minimum absolute atomic E-state index is 0.962. The summed E-state index contributed by atoms with van der Waals surface area (Å²) in [4.78, 5) is 0. The van der Waals surface area contributed by atoms with Gasteiger partial charge in [0.25, 0.3) is 0 Å². The molecule has 2 rings (SSSR count). The fraction of sp³-hybridized carbons (Fsp3) is 0.250. The van der Waals surface area contributed by atoms with Gasteiger partial charge in [-0.05, 0) is 24.8 Å². The molecule has 1 heteroatoms. The molecule has 1 nitrogen and oxygen atoms in total. The van der Waals surface area contributed by atoms with Gasteiger partial charge in [-0.25, -0.2) is 0 Å². The van der Waals surface area contributed by atoms with Gasteiger partial charge in [0, 0.05) is 5.57 Å². The molecule has 0 N–H and O–H groups in total. The van der Waals surface area contributed by atoms with Crippen LogP contribution in [0.15, 0.2) is 41.5 Å². The standard InChI is InChI=1S/C12H11N/c13-9-12-7-6-11(12)8-10-4-2-1-3-5-10/h1-5H,6-8H2. The number of allylic oxidation sites excluding steroid dienone is 2. The maximum Gasteiger partial charge on any atom is 0.0946 e. The van der Waals surface area contributed by atoms with Crippen molar-refractivity contribution >= 4 is 0 Å². The first-order chi connectivity index (χ1) is 6.40. The Labute approximate surface area is 78.3 Å². The summed E-state index contributed by atoms with van der Waals surface area (Å²) < 4.78 is 0. The Morgan fingerprint density at radius 3 is 2.46 bits per heavy atom. The van der Waals surface area contributed by atoms with Crippen LogP contribution < -0.4 is 0 Å². The summed E-state index contributed by atoms with van der Waals surface area (Å²) in [5.41, 5.74) is 3.64. The second kappa shape index (κ2) is 3.45. The van der Waals surface area contributed by atoms with Crippen LogP contribution in [0.1, 0.15) is 18.4 Å². The van der Waals surface area contributed by atoms with E-state index < -0.39 is 0 Å². The Bertz CT molecular complexity index is 368. The van der Waals surface area contributed by atoms with Gasteiger partial charge in [-0.3, -0.25) is 0 Å². The van der Waals surface area contributed by atoms with Crippen molar-refractivity contribution in [1.82, 2.24) is 0 Å². The van der Waals surface area contributed by atoms with E-state index in [2.05, 4.69) is 18.2 Å². The van der Waals surface area contributed by atoms with Crippen molar-refractivity contribution < 1.29 is 0 Å². The predicted octanol–water partition coefficient (Wildman–Crippen LogP) is 2.84. The topological polar surface area (TPSA) is 23.8 Å². The predicted molar refractivity (Wildman–Crippen MR) is 52.0 cm³/mol. The lowest BCUT2D eigenvalue weighted by atomic mass is 9.85. The molecule has 13 heavy (non-hydrogen) atoms. The molecule has 1 aliphatic carbocycles. The van der Waals surface area contributed by atoms with Gasteiger partial charge in [-0.1, -0.05) is 35.9 Å². The maximum absolute atomic E-state index is 8.73. The molecule has 0 aromatic heterocycles. The highest BCUT2D eigenvalue weighted by molar-refractivity contribution is 5.38. The third-order valence-electron chi connectivity index (χ3n) is 2.50. The summed E-state index contributed by atoms with van der Waals surface area (Å²) in [5.74, 6) is 0. The van der Waals surface area contributed by atoms with Gasteiger partial charge in [-0.15, -0.1) is 0 Å². The number of nitrogens with zero attached hydrogens (tertiary/aromatic N) is 1. The van der Waals surface area contributed by atoms with Gasteiger partial charge >= 0.3 is 0 Å². The maximum atomic E-state index is 8.73. The summed E-state index contributed by atoms with van der Waals surface area (Å²) in [6.45, 7) is 0. The molecule has 1 aromatic rings. The molecule has 0 saturated carbocycles. The van der Waals surface area contributed by atoms with E-state index in [1.165, 1.54) is 11.1 Å². The largest absolute Gasteiger partial charge is 0.193 e. The van der Waals surface area contributed by atoms with Crippen LogP contribution in [0.5, 0.6) is 0 Å². The second-order valence-electron chi connectivity index (χ2n) is 3.36. The third kappa shape index (κ3) is 1.62. The van der Waals surface area contributed by atoms with E-state index in [-0.39, 0.29) is 0 Å². The van der Waals surface area contributed by atoms with Crippen molar-refractivity contribution in [2.24, 2.45) is 0 Å². The van der Waals surface area contributed by atoms with E-state index >= 15 is 0 Å². The van der Waals surface area contributed by atoms with Crippen molar-refractivity contribution in [3.63, 3.8) is 0 Å². The lowest BCUT2D eigenvalue weighted by Gasteiger charge is -2.18. The highest BCUT2D eigenvalue weighted by Crippen LogP contribution is 2.29. The number of nitriles is 1. The molecule has 1 aliphatic rings. The zero-order chi connectivity index (χ0) is 9.10. The fourth-order valence-corrected chi connectivity index (χ4v) is 1.60. The quantitative estimate of drug-likeness (QED) is 0.667. The van der Waals surface area contributed by atoms with Gasteiger partial charge in [0.1, 0.15) is 0 Å². The molecule has 0 saturated heterocycles. The molecular formula is C12H11N. The lowest BCUT2D eigenvalue weighted by Crippen LogP contribution is -2.05. The Kier molecular flexibility index (Phi) is 2.14. The first kappa shape index (κ1) is 8.07. The van der Waals surface area contributed by atoms with E-state index in [9.17, 15) is 0 Å². The monoisotopic (exact) mass is 169 g/mol. The molecule has 0 unspecified atom stereocenters. The number of benzene rings is 1. The van der Waals surface area contributed by atoms with Gasteiger partial charge in [0.15, 0.2) is 0 Å². The molecule has 0 aliphatic heterocycles. The summed E-state index contributed by atoms with van der Waals surface area (Å²) in [7, 11) is 0. The molecule has 0 heterocycles. The van der Waals surface area contributed by atoms with Crippen molar-refractivity contribution in [2.45, 2.75) is 19.3 Å². The summed E-state index contributed by atoms with van der Waals surface area (Å²) >= 11 is 0. The molecule has 0 radical (unpaired) electrons. The Morgan fingerprint density at radius 2 is 1.92 bits per heavy atom. The first-order valence-corrected chi connectivity index (χ1v) is 4.55. The van der Waals surface area contributed by atoms with E-state index in [0.29, 0.717) is 0 Å². The number of rotatable bonds is 2. The summed E-state index contributed by atoms with van der Waals surface area (Å²) in [6.07, 6.45) is 3.06. The van der Waals surface area contributed by atoms with Crippen LogP contribution in [0.4, 0.5) is 0 Å². The Balaban J connectivity index is 2.13. The van der Waals surface area contributed by atoms with Crippen molar-refractivity contribution in [2.75, 3.05) is 0 Å². The van der Waals surface area contributed by atoms with Gasteiger partial charge in [-0.2, -0.15) is 5.26 Å². The van der Waals surface area contributed by atoms with Crippen molar-refractivity contribution in [3.05, 3.63) is 47.0 Å². The van der Waals surface area contributed by atoms with Crippen LogP contribution in [-0.4, -0.2) is 0 Å². The number of hydrogen-bond donors (Lipinski definition) is 0.